The Hall–Kier alpha value is -2.12. The molecule has 0 aliphatic rings. The predicted octanol–water partition coefficient (Wildman–Crippen LogP) is 0.132. The average Bonchev–Trinajstić information content (AvgIpc) is 2.37. The van der Waals surface area contributed by atoms with Crippen LogP contribution in [0.4, 0.5) is 17.3 Å². The molecule has 0 spiro atoms. The van der Waals surface area contributed by atoms with Crippen LogP contribution >= 0.6 is 0 Å². The highest BCUT2D eigenvalue weighted by molar-refractivity contribution is 5.71. The van der Waals surface area contributed by atoms with Crippen LogP contribution in [0.3, 0.4) is 0 Å². The summed E-state index contributed by atoms with van der Waals surface area (Å²) in [7, 11) is 5.07. The Morgan fingerprint density at radius 1 is 1.67 bits per heavy atom. The van der Waals surface area contributed by atoms with E-state index >= 15 is 0 Å². The molecule has 0 saturated carbocycles. The number of aryl methyl sites for hydroxylation is 1. The molecule has 0 atom stereocenters. The molecule has 1 aromatic heterocycles. The molecule has 1 heterocycles. The molecular formula is C7H12N6O2. The molecule has 0 aliphatic carbocycles. The van der Waals surface area contributed by atoms with Crippen LogP contribution < -0.4 is 5.73 Å². The molecule has 0 aromatic carbocycles. The van der Waals surface area contributed by atoms with Gasteiger partial charge >= 0.3 is 5.69 Å². The Labute approximate surface area is 86.1 Å². The number of nitrogens with two attached hydrogens (primary N) is 1. The van der Waals surface area contributed by atoms with Gasteiger partial charge in [-0.3, -0.25) is 10.1 Å². The van der Waals surface area contributed by atoms with Gasteiger partial charge in [-0.25, -0.2) is 9.67 Å². The molecule has 8 nitrogen and oxygen atoms in total. The number of anilines is 1. The zero-order chi connectivity index (χ0) is 11.6. The monoisotopic (exact) mass is 212 g/mol. The fraction of sp³-hybridized carbons (Fsp3) is 0.429. The maximum absolute atomic E-state index is 10.7. The van der Waals surface area contributed by atoms with Crippen LogP contribution in [-0.4, -0.2) is 40.0 Å². The van der Waals surface area contributed by atoms with Gasteiger partial charge in [0, 0.05) is 21.1 Å². The largest absolute Gasteiger partial charge is 0.376 e. The standard InChI is InChI=1S/C7H12N6O2/c1-11(2)4-9-7-5(13(14)15)6(8)10-12(7)3/h4H,1-3H3,(H2,8,10). The topological polar surface area (TPSA) is 103 Å². The van der Waals surface area contributed by atoms with Gasteiger partial charge in [0.2, 0.25) is 11.6 Å². The van der Waals surface area contributed by atoms with Crippen LogP contribution in [0.2, 0.25) is 0 Å². The first-order valence-corrected chi connectivity index (χ1v) is 4.11. The Bertz CT molecular complexity index is 408. The molecule has 2 N–H and O–H groups in total. The summed E-state index contributed by atoms with van der Waals surface area (Å²) in [6.07, 6.45) is 1.45. The van der Waals surface area contributed by atoms with Crippen LogP contribution in [0.5, 0.6) is 0 Å². The number of aliphatic imine (C=N–C) groups is 1. The second-order valence-electron chi connectivity index (χ2n) is 3.15. The second-order valence-corrected chi connectivity index (χ2v) is 3.15. The second kappa shape index (κ2) is 3.95. The van der Waals surface area contributed by atoms with Crippen molar-refractivity contribution < 1.29 is 4.92 Å². The van der Waals surface area contributed by atoms with E-state index in [0.29, 0.717) is 0 Å². The van der Waals surface area contributed by atoms with Crippen molar-refractivity contribution in [1.29, 1.82) is 0 Å². The van der Waals surface area contributed by atoms with E-state index in [-0.39, 0.29) is 17.3 Å². The van der Waals surface area contributed by atoms with Crippen molar-refractivity contribution in [1.82, 2.24) is 14.7 Å². The lowest BCUT2D eigenvalue weighted by molar-refractivity contribution is -0.383. The zero-order valence-corrected chi connectivity index (χ0v) is 8.71. The van der Waals surface area contributed by atoms with Crippen LogP contribution in [0, 0.1) is 10.1 Å². The molecule has 0 bridgehead atoms. The van der Waals surface area contributed by atoms with Crippen LogP contribution in [0.25, 0.3) is 0 Å². The predicted molar refractivity (Wildman–Crippen MR) is 56.1 cm³/mol. The van der Waals surface area contributed by atoms with Gasteiger partial charge in [-0.15, -0.1) is 5.10 Å². The lowest BCUT2D eigenvalue weighted by atomic mass is 10.5. The lowest BCUT2D eigenvalue weighted by Gasteiger charge is -2.01. The van der Waals surface area contributed by atoms with E-state index in [1.807, 2.05) is 0 Å². The molecule has 0 amide bonds. The van der Waals surface area contributed by atoms with E-state index in [4.69, 9.17) is 5.73 Å². The zero-order valence-electron chi connectivity index (χ0n) is 8.71. The molecule has 82 valence electrons. The Balaban J connectivity index is 3.21. The number of hydrogen-bond donors (Lipinski definition) is 1. The lowest BCUT2D eigenvalue weighted by Crippen LogP contribution is -2.07. The fourth-order valence-corrected chi connectivity index (χ4v) is 1.01. The maximum atomic E-state index is 10.7. The molecule has 8 heteroatoms. The SMILES string of the molecule is CN(C)C=Nc1c([N+](=O)[O-])c(N)nn1C. The van der Waals surface area contributed by atoms with Crippen molar-refractivity contribution in [3.8, 4) is 0 Å². The highest BCUT2D eigenvalue weighted by atomic mass is 16.6. The molecule has 15 heavy (non-hydrogen) atoms. The van der Waals surface area contributed by atoms with Crippen molar-refractivity contribution in [3.05, 3.63) is 10.1 Å². The van der Waals surface area contributed by atoms with Gasteiger partial charge in [0.25, 0.3) is 0 Å². The molecular weight excluding hydrogens is 200 g/mol. The molecule has 0 aliphatic heterocycles. The Morgan fingerprint density at radius 3 is 2.73 bits per heavy atom. The van der Waals surface area contributed by atoms with Crippen molar-refractivity contribution in [3.63, 3.8) is 0 Å². The van der Waals surface area contributed by atoms with Crippen molar-refractivity contribution in [2.75, 3.05) is 19.8 Å². The van der Waals surface area contributed by atoms with Gasteiger partial charge in [0.1, 0.15) is 0 Å². The summed E-state index contributed by atoms with van der Waals surface area (Å²) in [4.78, 5) is 15.7. The minimum absolute atomic E-state index is 0.131. The van der Waals surface area contributed by atoms with Crippen molar-refractivity contribution >= 4 is 23.7 Å². The summed E-state index contributed by atoms with van der Waals surface area (Å²) < 4.78 is 1.27. The third-order valence-corrected chi connectivity index (χ3v) is 1.61. The summed E-state index contributed by atoms with van der Waals surface area (Å²) in [6, 6.07) is 0. The van der Waals surface area contributed by atoms with Gasteiger partial charge in [0.15, 0.2) is 0 Å². The molecule has 1 rings (SSSR count). The van der Waals surface area contributed by atoms with Gasteiger partial charge < -0.3 is 10.6 Å². The third kappa shape index (κ3) is 2.22. The highest BCUT2D eigenvalue weighted by Gasteiger charge is 2.24. The van der Waals surface area contributed by atoms with E-state index in [1.54, 1.807) is 26.0 Å². The van der Waals surface area contributed by atoms with Gasteiger partial charge in [0.05, 0.1) is 11.3 Å². The van der Waals surface area contributed by atoms with E-state index in [9.17, 15) is 10.1 Å². The van der Waals surface area contributed by atoms with Crippen LogP contribution in [-0.2, 0) is 7.05 Å². The first kappa shape index (κ1) is 11.0. The van der Waals surface area contributed by atoms with Gasteiger partial charge in [-0.05, 0) is 0 Å². The van der Waals surface area contributed by atoms with Crippen molar-refractivity contribution in [2.45, 2.75) is 0 Å². The Kier molecular flexibility index (Phi) is 2.88. The summed E-state index contributed by atoms with van der Waals surface area (Å²) in [5.41, 5.74) is 5.12. The van der Waals surface area contributed by atoms with E-state index in [2.05, 4.69) is 10.1 Å². The van der Waals surface area contributed by atoms with E-state index < -0.39 is 4.92 Å². The number of nitrogen functional groups attached to an aromatic ring is 1. The number of aromatic nitrogens is 2. The smallest absolute Gasteiger partial charge is 0.356 e. The van der Waals surface area contributed by atoms with E-state index in [0.717, 1.165) is 0 Å². The number of hydrogen-bond acceptors (Lipinski definition) is 5. The van der Waals surface area contributed by atoms with Crippen molar-refractivity contribution in [2.24, 2.45) is 12.0 Å². The van der Waals surface area contributed by atoms with E-state index in [1.165, 1.54) is 11.0 Å². The third-order valence-electron chi connectivity index (χ3n) is 1.61. The Morgan fingerprint density at radius 2 is 2.27 bits per heavy atom. The minimum atomic E-state index is -0.593. The summed E-state index contributed by atoms with van der Waals surface area (Å²) in [5, 5.41) is 14.4. The molecule has 0 saturated heterocycles. The quantitative estimate of drug-likeness (QED) is 0.332. The molecule has 1 aromatic rings. The van der Waals surface area contributed by atoms with Crippen LogP contribution in [0.1, 0.15) is 0 Å². The molecule has 0 unspecified atom stereocenters. The first-order valence-electron chi connectivity index (χ1n) is 4.11. The summed E-state index contributed by atoms with van der Waals surface area (Å²) in [5.74, 6) is -0.000365. The summed E-state index contributed by atoms with van der Waals surface area (Å²) >= 11 is 0. The fourth-order valence-electron chi connectivity index (χ4n) is 1.01. The first-order chi connectivity index (χ1) is 6.93. The summed E-state index contributed by atoms with van der Waals surface area (Å²) in [6.45, 7) is 0. The maximum Gasteiger partial charge on any atom is 0.356 e. The van der Waals surface area contributed by atoms with Gasteiger partial charge in [-0.2, -0.15) is 0 Å². The number of rotatable bonds is 3. The molecule has 0 fully saturated rings. The normalized spacial score (nSPS) is 10.9. The highest BCUT2D eigenvalue weighted by Crippen LogP contribution is 2.31. The average molecular weight is 212 g/mol. The minimum Gasteiger partial charge on any atom is -0.376 e. The van der Waals surface area contributed by atoms with Crippen LogP contribution in [0.15, 0.2) is 4.99 Å². The van der Waals surface area contributed by atoms with Gasteiger partial charge in [-0.1, -0.05) is 0 Å². The molecule has 0 radical (unpaired) electrons. The number of nitro groups is 1. The number of nitrogens with zero attached hydrogens (tertiary/aromatic N) is 5.